The Hall–Kier alpha value is -0.770. The molecule has 144 valence electrons. The molecule has 0 unspecified atom stereocenters. The number of alkyl halides is 2. The molecule has 1 fully saturated rings. The summed E-state index contributed by atoms with van der Waals surface area (Å²) in [6, 6.07) is 0. The summed E-state index contributed by atoms with van der Waals surface area (Å²) >= 11 is 11.7. The summed E-state index contributed by atoms with van der Waals surface area (Å²) in [5.41, 5.74) is 0. The normalized spacial score (nSPS) is 25.1. The molecule has 0 radical (unpaired) electrons. The molecule has 2 aliphatic rings. The highest BCUT2D eigenvalue weighted by atomic mass is 35.5. The summed E-state index contributed by atoms with van der Waals surface area (Å²) in [5.74, 6) is -0.628. The molecule has 2 aliphatic heterocycles. The van der Waals surface area contributed by atoms with Crippen LogP contribution in [0.4, 0.5) is 0 Å². The zero-order chi connectivity index (χ0) is 18.4. The van der Waals surface area contributed by atoms with Crippen molar-refractivity contribution in [2.45, 2.75) is 12.2 Å². The average molecular weight is 400 g/mol. The van der Waals surface area contributed by atoms with Crippen LogP contribution in [0.15, 0.2) is 11.5 Å². The number of carbonyl (C=O) groups is 1. The number of hydrogen-bond acceptors (Lipinski definition) is 7. The highest BCUT2D eigenvalue weighted by Gasteiger charge is 2.42. The fraction of sp³-hybridized carbons (Fsp3) is 0.800. The first-order valence-corrected chi connectivity index (χ1v) is 9.28. The monoisotopic (exact) mass is 399 g/mol. The lowest BCUT2D eigenvalue weighted by molar-refractivity contribution is -0.946. The number of aliphatic hydroxyl groups excluding tert-OH is 3. The van der Waals surface area contributed by atoms with Crippen LogP contribution < -0.4 is 0 Å². The number of rotatable bonds is 9. The molecule has 0 aromatic rings. The predicted octanol–water partition coefficient (Wildman–Crippen LogP) is -0.381. The van der Waals surface area contributed by atoms with Crippen LogP contribution in [0.3, 0.4) is 0 Å². The van der Waals surface area contributed by atoms with Crippen molar-refractivity contribution in [3.8, 4) is 0 Å². The maximum absolute atomic E-state index is 11.9. The van der Waals surface area contributed by atoms with E-state index < -0.39 is 30.5 Å². The Labute approximate surface area is 156 Å². The van der Waals surface area contributed by atoms with Crippen LogP contribution in [-0.4, -0.2) is 107 Å². The molecule has 0 spiro atoms. The highest BCUT2D eigenvalue weighted by Crippen LogP contribution is 2.25. The predicted molar refractivity (Wildman–Crippen MR) is 91.3 cm³/mol. The lowest BCUT2D eigenvalue weighted by Crippen LogP contribution is -2.61. The van der Waals surface area contributed by atoms with E-state index >= 15 is 0 Å². The molecule has 8 nitrogen and oxygen atoms in total. The Kier molecular flexibility index (Phi) is 7.60. The Morgan fingerprint density at radius 3 is 2.56 bits per heavy atom. The second kappa shape index (κ2) is 9.25. The summed E-state index contributed by atoms with van der Waals surface area (Å²) in [6.45, 7) is 4.27. The molecule has 0 bridgehead atoms. The number of halogens is 2. The van der Waals surface area contributed by atoms with Gasteiger partial charge in [-0.15, -0.1) is 23.2 Å². The molecule has 2 heterocycles. The van der Waals surface area contributed by atoms with E-state index in [1.165, 1.54) is 0 Å². The van der Waals surface area contributed by atoms with Gasteiger partial charge in [0.15, 0.2) is 11.9 Å². The lowest BCUT2D eigenvalue weighted by atomic mass is 10.2. The molecule has 0 aliphatic carbocycles. The van der Waals surface area contributed by atoms with Gasteiger partial charge in [0.25, 0.3) is 5.76 Å². The molecule has 0 aromatic carbocycles. The standard InChI is InChI=1S/C15H24Cl2N2O6/c16-1-3-18-4-7-19(6-2-17,8-5-18)10-24-14-12(22)13(11(21)9-20)25-15(14)23/h11,13,20-21H,1-10H2/p+1/t11-,13+/m1/s1. The minimum absolute atomic E-state index is 0.165. The summed E-state index contributed by atoms with van der Waals surface area (Å²) in [6.07, 6.45) is -2.69. The van der Waals surface area contributed by atoms with Gasteiger partial charge in [-0.2, -0.15) is 0 Å². The first kappa shape index (κ1) is 20.5. The molecule has 0 saturated carbocycles. The number of cyclic esters (lactones) is 1. The van der Waals surface area contributed by atoms with Crippen molar-refractivity contribution in [1.29, 1.82) is 0 Å². The van der Waals surface area contributed by atoms with Crippen molar-refractivity contribution < 1.29 is 34.1 Å². The molecule has 25 heavy (non-hydrogen) atoms. The molecular formula is C15H25Cl2N2O6+. The van der Waals surface area contributed by atoms with Crippen LogP contribution in [0.25, 0.3) is 0 Å². The average Bonchev–Trinajstić information content (AvgIpc) is 2.89. The molecule has 2 rings (SSSR count). The van der Waals surface area contributed by atoms with Gasteiger partial charge in [-0.3, -0.25) is 9.38 Å². The van der Waals surface area contributed by atoms with Crippen LogP contribution in [0.1, 0.15) is 0 Å². The Morgan fingerprint density at radius 2 is 2.00 bits per heavy atom. The van der Waals surface area contributed by atoms with Crippen LogP contribution in [0.5, 0.6) is 0 Å². The quantitative estimate of drug-likeness (QED) is 0.276. The number of quaternary nitrogens is 1. The fourth-order valence-electron chi connectivity index (χ4n) is 3.02. The van der Waals surface area contributed by atoms with Crippen LogP contribution in [0, 0.1) is 0 Å². The number of ether oxygens (including phenoxy) is 2. The van der Waals surface area contributed by atoms with Crippen LogP contribution in [-0.2, 0) is 14.3 Å². The topological polar surface area (TPSA) is 99.5 Å². The number of nitrogens with zero attached hydrogens (tertiary/aromatic N) is 2. The highest BCUT2D eigenvalue weighted by molar-refractivity contribution is 6.18. The van der Waals surface area contributed by atoms with E-state index in [-0.39, 0.29) is 12.5 Å². The molecule has 0 aromatic heterocycles. The fourth-order valence-corrected chi connectivity index (χ4v) is 3.62. The first-order valence-electron chi connectivity index (χ1n) is 8.21. The Bertz CT molecular complexity index is 496. The second-order valence-electron chi connectivity index (χ2n) is 6.30. The van der Waals surface area contributed by atoms with E-state index in [9.17, 15) is 15.0 Å². The van der Waals surface area contributed by atoms with Crippen molar-refractivity contribution in [2.24, 2.45) is 0 Å². The van der Waals surface area contributed by atoms with E-state index in [0.29, 0.717) is 22.8 Å². The van der Waals surface area contributed by atoms with Crippen molar-refractivity contribution in [2.75, 3.05) is 64.4 Å². The number of piperazine rings is 1. The van der Waals surface area contributed by atoms with E-state index in [0.717, 1.165) is 32.7 Å². The summed E-state index contributed by atoms with van der Waals surface area (Å²) in [7, 11) is 0. The van der Waals surface area contributed by atoms with Crippen LogP contribution in [0.2, 0.25) is 0 Å². The zero-order valence-electron chi connectivity index (χ0n) is 13.9. The number of esters is 1. The molecule has 2 atom stereocenters. The van der Waals surface area contributed by atoms with Crippen molar-refractivity contribution in [3.05, 3.63) is 11.5 Å². The van der Waals surface area contributed by atoms with Crippen LogP contribution >= 0.6 is 23.2 Å². The van der Waals surface area contributed by atoms with Crippen molar-refractivity contribution >= 4 is 29.2 Å². The van der Waals surface area contributed by atoms with E-state index in [1.54, 1.807) is 0 Å². The van der Waals surface area contributed by atoms with Gasteiger partial charge in [0.2, 0.25) is 6.73 Å². The maximum atomic E-state index is 11.9. The molecule has 10 heteroatoms. The second-order valence-corrected chi connectivity index (χ2v) is 7.05. The zero-order valence-corrected chi connectivity index (χ0v) is 15.5. The van der Waals surface area contributed by atoms with Gasteiger partial charge in [-0.05, 0) is 0 Å². The van der Waals surface area contributed by atoms with Gasteiger partial charge in [0.05, 0.1) is 32.1 Å². The van der Waals surface area contributed by atoms with E-state index in [1.807, 2.05) is 0 Å². The summed E-state index contributed by atoms with van der Waals surface area (Å²) in [4.78, 5) is 14.1. The third-order valence-electron chi connectivity index (χ3n) is 4.68. The molecular weight excluding hydrogens is 375 g/mol. The molecule has 3 N–H and O–H groups in total. The van der Waals surface area contributed by atoms with Gasteiger partial charge < -0.3 is 24.8 Å². The van der Waals surface area contributed by atoms with Gasteiger partial charge in [-0.25, -0.2) is 4.79 Å². The minimum Gasteiger partial charge on any atom is -0.505 e. The smallest absolute Gasteiger partial charge is 0.378 e. The Balaban J connectivity index is 2.01. The van der Waals surface area contributed by atoms with Gasteiger partial charge in [0, 0.05) is 25.5 Å². The van der Waals surface area contributed by atoms with Gasteiger partial charge >= 0.3 is 5.97 Å². The Morgan fingerprint density at radius 1 is 1.32 bits per heavy atom. The number of carbonyl (C=O) groups excluding carboxylic acids is 1. The molecule has 0 amide bonds. The summed E-state index contributed by atoms with van der Waals surface area (Å²) in [5, 5.41) is 28.6. The van der Waals surface area contributed by atoms with Gasteiger partial charge in [0.1, 0.15) is 6.10 Å². The first-order chi connectivity index (χ1) is 12.0. The van der Waals surface area contributed by atoms with E-state index in [4.69, 9.17) is 37.8 Å². The largest absolute Gasteiger partial charge is 0.505 e. The van der Waals surface area contributed by atoms with Crippen molar-refractivity contribution in [1.82, 2.24) is 4.90 Å². The number of aliphatic hydroxyl groups is 3. The maximum Gasteiger partial charge on any atom is 0.378 e. The third kappa shape index (κ3) is 4.90. The van der Waals surface area contributed by atoms with Crippen molar-refractivity contribution in [3.63, 3.8) is 0 Å². The van der Waals surface area contributed by atoms with E-state index in [2.05, 4.69) is 4.90 Å². The third-order valence-corrected chi connectivity index (χ3v) is 5.02. The van der Waals surface area contributed by atoms with Gasteiger partial charge in [-0.1, -0.05) is 0 Å². The lowest BCUT2D eigenvalue weighted by Gasteiger charge is -2.43. The number of hydrogen-bond donors (Lipinski definition) is 3. The SMILES string of the molecule is O=C1O[C@@H]([C@H](O)CO)C(O)=C1OC[N+]1(CCCl)CCN(CCCl)CC1. The summed E-state index contributed by atoms with van der Waals surface area (Å²) < 4.78 is 11.0. The molecule has 1 saturated heterocycles. The minimum atomic E-state index is -1.39.